The van der Waals surface area contributed by atoms with Crippen molar-refractivity contribution >= 4 is 11.8 Å². The molecule has 0 saturated carbocycles. The van der Waals surface area contributed by atoms with Gasteiger partial charge in [-0.2, -0.15) is 0 Å². The lowest BCUT2D eigenvalue weighted by molar-refractivity contribution is -0.136. The number of phenols is 1. The van der Waals surface area contributed by atoms with Gasteiger partial charge in [0.2, 0.25) is 5.91 Å². The third-order valence-corrected chi connectivity index (χ3v) is 4.85. The van der Waals surface area contributed by atoms with Crippen LogP contribution in [0.1, 0.15) is 23.2 Å². The van der Waals surface area contributed by atoms with Crippen LogP contribution in [0.15, 0.2) is 18.2 Å². The summed E-state index contributed by atoms with van der Waals surface area (Å²) in [6.07, 6.45) is 0.757. The Morgan fingerprint density at radius 2 is 2.23 bits per heavy atom. The van der Waals surface area contributed by atoms with E-state index in [1.54, 1.807) is 4.90 Å². The van der Waals surface area contributed by atoms with Gasteiger partial charge in [-0.15, -0.1) is 0 Å². The van der Waals surface area contributed by atoms with Gasteiger partial charge in [0.05, 0.1) is 24.6 Å². The number of carbonyl (C=O) groups excluding carboxylic acids is 2. The number of ether oxygens (including phenoxy) is 1. The first-order valence-electron chi connectivity index (χ1n) is 7.27. The van der Waals surface area contributed by atoms with Crippen molar-refractivity contribution in [2.45, 2.75) is 24.6 Å². The molecule has 116 valence electrons. The Morgan fingerprint density at radius 3 is 3.05 bits per heavy atom. The van der Waals surface area contributed by atoms with Gasteiger partial charge < -0.3 is 19.6 Å². The standard InChI is InChI=1S/C15H15FN2O4/c16-9-1-2-11(19)10(7-9)14(21)17-4-3-15-12(17)8-13(20)18(15)5-6-22-15/h1-2,7,12,19H,3-6,8H2/t12-,15+/m1/s1. The highest BCUT2D eigenvalue weighted by Crippen LogP contribution is 2.46. The summed E-state index contributed by atoms with van der Waals surface area (Å²) >= 11 is 0. The topological polar surface area (TPSA) is 70.1 Å². The third-order valence-electron chi connectivity index (χ3n) is 4.85. The van der Waals surface area contributed by atoms with E-state index in [-0.39, 0.29) is 29.7 Å². The molecular weight excluding hydrogens is 291 g/mol. The van der Waals surface area contributed by atoms with Gasteiger partial charge in [0.25, 0.3) is 5.91 Å². The van der Waals surface area contributed by atoms with Gasteiger partial charge in [-0.3, -0.25) is 9.59 Å². The highest BCUT2D eigenvalue weighted by Gasteiger charge is 2.63. The fourth-order valence-corrected chi connectivity index (χ4v) is 3.87. The zero-order chi connectivity index (χ0) is 15.5. The zero-order valence-corrected chi connectivity index (χ0v) is 11.8. The molecule has 2 amide bonds. The maximum atomic E-state index is 13.4. The second-order valence-corrected chi connectivity index (χ2v) is 5.87. The first kappa shape index (κ1) is 13.5. The Bertz CT molecular complexity index is 680. The average molecular weight is 306 g/mol. The Kier molecular flexibility index (Phi) is 2.72. The normalized spacial score (nSPS) is 29.9. The molecule has 0 unspecified atom stereocenters. The van der Waals surface area contributed by atoms with Crippen molar-refractivity contribution in [2.24, 2.45) is 0 Å². The first-order valence-corrected chi connectivity index (χ1v) is 7.27. The van der Waals surface area contributed by atoms with Gasteiger partial charge in [-0.05, 0) is 18.2 Å². The number of rotatable bonds is 1. The number of nitrogens with zero attached hydrogens (tertiary/aromatic N) is 2. The first-order chi connectivity index (χ1) is 10.5. The molecule has 1 N–H and O–H groups in total. The van der Waals surface area contributed by atoms with Gasteiger partial charge in [0, 0.05) is 19.5 Å². The number of hydrogen-bond acceptors (Lipinski definition) is 4. The van der Waals surface area contributed by atoms with E-state index in [1.165, 1.54) is 4.90 Å². The van der Waals surface area contributed by atoms with E-state index in [4.69, 9.17) is 4.74 Å². The molecule has 0 bridgehead atoms. The number of phenolic OH excluding ortho intramolecular Hbond substituents is 1. The van der Waals surface area contributed by atoms with Crippen molar-refractivity contribution in [2.75, 3.05) is 19.7 Å². The van der Waals surface area contributed by atoms with Gasteiger partial charge in [-0.1, -0.05) is 0 Å². The minimum absolute atomic E-state index is 0.0246. The summed E-state index contributed by atoms with van der Waals surface area (Å²) in [4.78, 5) is 28.0. The van der Waals surface area contributed by atoms with E-state index < -0.39 is 17.4 Å². The van der Waals surface area contributed by atoms with Crippen molar-refractivity contribution < 1.29 is 23.8 Å². The minimum atomic E-state index is -0.727. The molecule has 3 aliphatic rings. The van der Waals surface area contributed by atoms with E-state index >= 15 is 0 Å². The maximum absolute atomic E-state index is 13.4. The second kappa shape index (κ2) is 4.42. The zero-order valence-electron chi connectivity index (χ0n) is 11.8. The van der Waals surface area contributed by atoms with Crippen LogP contribution >= 0.6 is 0 Å². The number of carbonyl (C=O) groups is 2. The fraction of sp³-hybridized carbons (Fsp3) is 0.467. The van der Waals surface area contributed by atoms with Gasteiger partial charge in [0.15, 0.2) is 5.72 Å². The van der Waals surface area contributed by atoms with Gasteiger partial charge >= 0.3 is 0 Å². The van der Waals surface area contributed by atoms with Crippen molar-refractivity contribution in [1.29, 1.82) is 0 Å². The lowest BCUT2D eigenvalue weighted by Crippen LogP contribution is -2.48. The van der Waals surface area contributed by atoms with Crippen LogP contribution in [0.2, 0.25) is 0 Å². The number of amides is 2. The number of halogens is 1. The van der Waals surface area contributed by atoms with Crippen LogP contribution in [0.25, 0.3) is 0 Å². The van der Waals surface area contributed by atoms with Crippen molar-refractivity contribution in [3.05, 3.63) is 29.6 Å². The number of aromatic hydroxyl groups is 1. The van der Waals surface area contributed by atoms with E-state index in [2.05, 4.69) is 0 Å². The monoisotopic (exact) mass is 306 g/mol. The highest BCUT2D eigenvalue weighted by molar-refractivity contribution is 5.98. The second-order valence-electron chi connectivity index (χ2n) is 5.87. The quantitative estimate of drug-likeness (QED) is 0.829. The Morgan fingerprint density at radius 1 is 1.41 bits per heavy atom. The SMILES string of the molecule is O=C(c1cc(F)ccc1O)N1CC[C@@]23OCCN2C(=O)C[C@@H]13. The molecule has 3 heterocycles. The van der Waals surface area contributed by atoms with Crippen LogP contribution < -0.4 is 0 Å². The molecule has 0 aromatic heterocycles. The largest absolute Gasteiger partial charge is 0.507 e. The Hall–Kier alpha value is -2.15. The minimum Gasteiger partial charge on any atom is -0.507 e. The number of benzene rings is 1. The predicted molar refractivity (Wildman–Crippen MR) is 72.5 cm³/mol. The van der Waals surface area contributed by atoms with Gasteiger partial charge in [0.1, 0.15) is 11.6 Å². The number of hydrogen-bond donors (Lipinski definition) is 1. The molecule has 3 fully saturated rings. The Balaban J connectivity index is 1.68. The fourth-order valence-electron chi connectivity index (χ4n) is 3.87. The predicted octanol–water partition coefficient (Wildman–Crippen LogP) is 0.705. The summed E-state index contributed by atoms with van der Waals surface area (Å²) in [6.45, 7) is 1.43. The molecule has 3 aliphatic heterocycles. The van der Waals surface area contributed by atoms with E-state index in [0.29, 0.717) is 26.1 Å². The van der Waals surface area contributed by atoms with E-state index in [9.17, 15) is 19.1 Å². The maximum Gasteiger partial charge on any atom is 0.258 e. The third kappa shape index (κ3) is 1.62. The molecule has 7 heteroatoms. The van der Waals surface area contributed by atoms with Crippen LogP contribution in [0.3, 0.4) is 0 Å². The molecule has 1 spiro atoms. The van der Waals surface area contributed by atoms with Crippen LogP contribution in [0.4, 0.5) is 4.39 Å². The molecule has 22 heavy (non-hydrogen) atoms. The summed E-state index contributed by atoms with van der Waals surface area (Å²) in [5.74, 6) is -1.34. The van der Waals surface area contributed by atoms with Crippen molar-refractivity contribution in [1.82, 2.24) is 9.80 Å². The van der Waals surface area contributed by atoms with E-state index in [0.717, 1.165) is 18.2 Å². The summed E-state index contributed by atoms with van der Waals surface area (Å²) in [6, 6.07) is 2.90. The molecule has 1 aromatic carbocycles. The Labute approximate surface area is 126 Å². The van der Waals surface area contributed by atoms with Crippen LogP contribution in [0, 0.1) is 5.82 Å². The van der Waals surface area contributed by atoms with Crippen molar-refractivity contribution in [3.63, 3.8) is 0 Å². The van der Waals surface area contributed by atoms with Gasteiger partial charge in [-0.25, -0.2) is 4.39 Å². The molecule has 4 rings (SSSR count). The summed E-state index contributed by atoms with van der Waals surface area (Å²) in [5.41, 5.74) is -0.809. The van der Waals surface area contributed by atoms with Crippen LogP contribution in [-0.2, 0) is 9.53 Å². The summed E-state index contributed by atoms with van der Waals surface area (Å²) < 4.78 is 19.2. The van der Waals surface area contributed by atoms with Crippen LogP contribution in [0.5, 0.6) is 5.75 Å². The number of likely N-dealkylation sites (tertiary alicyclic amines) is 1. The van der Waals surface area contributed by atoms with Crippen molar-refractivity contribution in [3.8, 4) is 5.75 Å². The molecule has 6 nitrogen and oxygen atoms in total. The lowest BCUT2D eigenvalue weighted by atomic mass is 10.1. The van der Waals surface area contributed by atoms with Crippen LogP contribution in [-0.4, -0.2) is 58.2 Å². The lowest BCUT2D eigenvalue weighted by Gasteiger charge is -2.31. The highest BCUT2D eigenvalue weighted by atomic mass is 19.1. The summed E-state index contributed by atoms with van der Waals surface area (Å²) in [7, 11) is 0. The molecular formula is C15H15FN2O4. The molecule has 0 aliphatic carbocycles. The molecule has 2 atom stereocenters. The average Bonchev–Trinajstić information content (AvgIpc) is 3.12. The molecule has 3 saturated heterocycles. The molecule has 0 radical (unpaired) electrons. The smallest absolute Gasteiger partial charge is 0.258 e. The summed E-state index contributed by atoms with van der Waals surface area (Å²) in [5, 5.41) is 9.82. The molecule has 1 aromatic rings. The van der Waals surface area contributed by atoms with E-state index in [1.807, 2.05) is 0 Å².